The van der Waals surface area contributed by atoms with Gasteiger partial charge in [-0.15, -0.1) is 0 Å². The first-order valence-corrected chi connectivity index (χ1v) is 8.69. The standard InChI is InChI=1S/C21H24FNO2/c1-24-19-8-7-18(15-20(19)25-14-11-22)21(16-5-3-2-4-6-16)17-9-12-23-13-10-17/h2-8,15,23H,9-14H2,1H3. The molecule has 2 aromatic rings. The van der Waals surface area contributed by atoms with E-state index in [-0.39, 0.29) is 6.61 Å². The Labute approximate surface area is 148 Å². The average Bonchev–Trinajstić information content (AvgIpc) is 2.68. The third-order valence-corrected chi connectivity index (χ3v) is 4.41. The van der Waals surface area contributed by atoms with E-state index in [1.807, 2.05) is 18.2 Å². The maximum atomic E-state index is 12.5. The largest absolute Gasteiger partial charge is 0.493 e. The van der Waals surface area contributed by atoms with E-state index in [4.69, 9.17) is 9.47 Å². The highest BCUT2D eigenvalue weighted by molar-refractivity contribution is 5.83. The van der Waals surface area contributed by atoms with E-state index in [2.05, 4.69) is 35.6 Å². The van der Waals surface area contributed by atoms with Gasteiger partial charge < -0.3 is 14.8 Å². The number of nitrogens with one attached hydrogen (secondary N) is 1. The minimum atomic E-state index is -0.522. The van der Waals surface area contributed by atoms with Crippen LogP contribution in [-0.4, -0.2) is 33.5 Å². The molecule has 0 unspecified atom stereocenters. The Morgan fingerprint density at radius 3 is 2.44 bits per heavy atom. The second kappa shape index (κ2) is 8.67. The lowest BCUT2D eigenvalue weighted by atomic mass is 9.88. The number of hydrogen-bond donors (Lipinski definition) is 1. The summed E-state index contributed by atoms with van der Waals surface area (Å²) in [7, 11) is 1.60. The number of rotatable bonds is 6. The Hall–Kier alpha value is -2.33. The number of benzene rings is 2. The van der Waals surface area contributed by atoms with Crippen LogP contribution >= 0.6 is 0 Å². The maximum absolute atomic E-state index is 12.5. The zero-order valence-electron chi connectivity index (χ0n) is 14.6. The zero-order valence-corrected chi connectivity index (χ0v) is 14.6. The summed E-state index contributed by atoms with van der Waals surface area (Å²) < 4.78 is 23.5. The molecule has 1 aliphatic rings. The Morgan fingerprint density at radius 1 is 1.00 bits per heavy atom. The van der Waals surface area contributed by atoms with Crippen molar-refractivity contribution >= 4 is 5.57 Å². The van der Waals surface area contributed by atoms with Gasteiger partial charge in [0.05, 0.1) is 7.11 Å². The Morgan fingerprint density at radius 2 is 1.76 bits per heavy atom. The van der Waals surface area contributed by atoms with E-state index >= 15 is 0 Å². The van der Waals surface area contributed by atoms with Crippen molar-refractivity contribution in [1.82, 2.24) is 5.32 Å². The fourth-order valence-electron chi connectivity index (χ4n) is 3.25. The van der Waals surface area contributed by atoms with Crippen molar-refractivity contribution in [3.8, 4) is 11.5 Å². The van der Waals surface area contributed by atoms with Crippen LogP contribution in [0.5, 0.6) is 11.5 Å². The molecule has 1 saturated heterocycles. The van der Waals surface area contributed by atoms with Gasteiger partial charge in [-0.25, -0.2) is 4.39 Å². The summed E-state index contributed by atoms with van der Waals surface area (Å²) in [5, 5.41) is 3.41. The number of hydrogen-bond acceptors (Lipinski definition) is 3. The Kier molecular flexibility index (Phi) is 6.07. The molecular weight excluding hydrogens is 317 g/mol. The second-order valence-corrected chi connectivity index (χ2v) is 6.00. The van der Waals surface area contributed by atoms with Crippen molar-refractivity contribution in [3.63, 3.8) is 0 Å². The van der Waals surface area contributed by atoms with Crippen LogP contribution in [-0.2, 0) is 0 Å². The van der Waals surface area contributed by atoms with Gasteiger partial charge in [-0.05, 0) is 54.8 Å². The van der Waals surface area contributed by atoms with Crippen molar-refractivity contribution in [3.05, 3.63) is 65.2 Å². The second-order valence-electron chi connectivity index (χ2n) is 6.00. The topological polar surface area (TPSA) is 30.5 Å². The molecule has 0 amide bonds. The first-order chi connectivity index (χ1) is 12.3. The molecule has 0 spiro atoms. The number of piperidine rings is 1. The lowest BCUT2D eigenvalue weighted by Gasteiger charge is -2.22. The molecule has 0 bridgehead atoms. The lowest BCUT2D eigenvalue weighted by Crippen LogP contribution is -2.23. The van der Waals surface area contributed by atoms with Crippen LogP contribution in [0.2, 0.25) is 0 Å². The van der Waals surface area contributed by atoms with Crippen molar-refractivity contribution in [1.29, 1.82) is 0 Å². The van der Waals surface area contributed by atoms with Gasteiger partial charge in [0, 0.05) is 0 Å². The predicted octanol–water partition coefficient (Wildman–Crippen LogP) is 4.23. The van der Waals surface area contributed by atoms with E-state index in [9.17, 15) is 4.39 Å². The van der Waals surface area contributed by atoms with Crippen molar-refractivity contribution in [2.75, 3.05) is 33.5 Å². The quantitative estimate of drug-likeness (QED) is 0.853. The van der Waals surface area contributed by atoms with E-state index in [0.29, 0.717) is 11.5 Å². The molecule has 25 heavy (non-hydrogen) atoms. The first kappa shape index (κ1) is 17.5. The summed E-state index contributed by atoms with van der Waals surface area (Å²) in [6, 6.07) is 16.3. The third-order valence-electron chi connectivity index (χ3n) is 4.41. The molecule has 3 rings (SSSR count). The maximum Gasteiger partial charge on any atom is 0.161 e. The average molecular weight is 341 g/mol. The number of alkyl halides is 1. The molecule has 132 valence electrons. The normalized spacial score (nSPS) is 14.2. The van der Waals surface area contributed by atoms with E-state index in [1.54, 1.807) is 7.11 Å². The molecule has 0 aromatic heterocycles. The van der Waals surface area contributed by atoms with E-state index in [0.717, 1.165) is 31.5 Å². The van der Waals surface area contributed by atoms with Crippen LogP contribution in [0.15, 0.2) is 54.1 Å². The summed E-state index contributed by atoms with van der Waals surface area (Å²) >= 11 is 0. The highest BCUT2D eigenvalue weighted by Gasteiger charge is 2.16. The number of methoxy groups -OCH3 is 1. The van der Waals surface area contributed by atoms with Crippen LogP contribution in [0, 0.1) is 0 Å². The van der Waals surface area contributed by atoms with Gasteiger partial charge in [-0.2, -0.15) is 0 Å². The van der Waals surface area contributed by atoms with Crippen LogP contribution in [0.3, 0.4) is 0 Å². The molecule has 0 radical (unpaired) electrons. The van der Waals surface area contributed by atoms with Gasteiger partial charge in [0.25, 0.3) is 0 Å². The molecule has 1 aliphatic heterocycles. The summed E-state index contributed by atoms with van der Waals surface area (Å²) in [5.41, 5.74) is 4.96. The fourth-order valence-corrected chi connectivity index (χ4v) is 3.25. The van der Waals surface area contributed by atoms with Crippen LogP contribution in [0.4, 0.5) is 4.39 Å². The first-order valence-electron chi connectivity index (χ1n) is 8.69. The van der Waals surface area contributed by atoms with Crippen molar-refractivity contribution in [2.45, 2.75) is 12.8 Å². The van der Waals surface area contributed by atoms with Crippen LogP contribution < -0.4 is 14.8 Å². The smallest absolute Gasteiger partial charge is 0.161 e. The highest BCUT2D eigenvalue weighted by atomic mass is 19.1. The van der Waals surface area contributed by atoms with Crippen LogP contribution in [0.1, 0.15) is 24.0 Å². The molecule has 0 atom stereocenters. The molecule has 1 N–H and O–H groups in total. The summed E-state index contributed by atoms with van der Waals surface area (Å²) in [4.78, 5) is 0. The predicted molar refractivity (Wildman–Crippen MR) is 99.0 cm³/mol. The summed E-state index contributed by atoms with van der Waals surface area (Å²) in [5.74, 6) is 1.21. The lowest BCUT2D eigenvalue weighted by molar-refractivity contribution is 0.260. The Balaban J connectivity index is 2.07. The van der Waals surface area contributed by atoms with Gasteiger partial charge in [0.2, 0.25) is 0 Å². The molecule has 1 fully saturated rings. The summed E-state index contributed by atoms with van der Waals surface area (Å²) in [6.07, 6.45) is 2.05. The molecular formula is C21H24FNO2. The number of halogens is 1. The molecule has 0 aliphatic carbocycles. The van der Waals surface area contributed by atoms with Gasteiger partial charge >= 0.3 is 0 Å². The van der Waals surface area contributed by atoms with Gasteiger partial charge in [0.15, 0.2) is 11.5 Å². The minimum Gasteiger partial charge on any atom is -0.493 e. The Bertz CT molecular complexity index is 720. The molecule has 0 saturated carbocycles. The van der Waals surface area contributed by atoms with Gasteiger partial charge in [-0.3, -0.25) is 0 Å². The fraction of sp³-hybridized carbons (Fsp3) is 0.333. The van der Waals surface area contributed by atoms with Crippen LogP contribution in [0.25, 0.3) is 5.57 Å². The SMILES string of the molecule is COc1ccc(C(=C2CCNCC2)c2ccccc2)cc1OCCF. The molecule has 3 nitrogen and oxygen atoms in total. The molecule has 1 heterocycles. The molecule has 2 aromatic carbocycles. The van der Waals surface area contributed by atoms with Gasteiger partial charge in [0.1, 0.15) is 13.3 Å². The van der Waals surface area contributed by atoms with E-state index in [1.165, 1.54) is 16.7 Å². The monoisotopic (exact) mass is 341 g/mol. The van der Waals surface area contributed by atoms with Crippen molar-refractivity contribution in [2.24, 2.45) is 0 Å². The third kappa shape index (κ3) is 4.20. The summed E-state index contributed by atoms with van der Waals surface area (Å²) in [6.45, 7) is 1.49. The van der Waals surface area contributed by atoms with E-state index < -0.39 is 6.67 Å². The zero-order chi connectivity index (χ0) is 17.5. The highest BCUT2D eigenvalue weighted by Crippen LogP contribution is 2.36. The van der Waals surface area contributed by atoms with Gasteiger partial charge in [-0.1, -0.05) is 42.0 Å². The molecule has 4 heteroatoms. The van der Waals surface area contributed by atoms with Crippen molar-refractivity contribution < 1.29 is 13.9 Å². The number of ether oxygens (including phenoxy) is 2. The minimum absolute atomic E-state index is 0.0287.